The summed E-state index contributed by atoms with van der Waals surface area (Å²) in [6.45, 7) is 7.21. The van der Waals surface area contributed by atoms with Gasteiger partial charge in [0.25, 0.3) is 0 Å². The van der Waals surface area contributed by atoms with Crippen LogP contribution in [-0.2, 0) is 9.84 Å². The number of hydrogen-bond donors (Lipinski definition) is 0. The Morgan fingerprint density at radius 3 is 1.37 bits per heavy atom. The van der Waals surface area contributed by atoms with Crippen molar-refractivity contribution in [3.05, 3.63) is 24.3 Å². The molecule has 0 fully saturated rings. The summed E-state index contributed by atoms with van der Waals surface area (Å²) in [5.41, 5.74) is 0. The van der Waals surface area contributed by atoms with E-state index in [0.717, 1.165) is 10.7 Å². The first-order chi connectivity index (χ1) is 8.62. The molecule has 0 rings (SSSR count). The molecule has 0 bridgehead atoms. The van der Waals surface area contributed by atoms with Crippen LogP contribution in [0.3, 0.4) is 0 Å². The maximum atomic E-state index is 12.8. The molecule has 0 aromatic carbocycles. The second-order valence-corrected chi connectivity index (χ2v) is 10.2. The van der Waals surface area contributed by atoms with Crippen LogP contribution in [0, 0.1) is 0 Å². The van der Waals surface area contributed by atoms with Crippen molar-refractivity contribution in [1.82, 2.24) is 0 Å². The second-order valence-electron chi connectivity index (χ2n) is 5.68. The van der Waals surface area contributed by atoms with Crippen LogP contribution in [0.5, 0.6) is 0 Å². The standard InChI is InChI=1S/C14H24Br2O2S/c1-13(2,9-5-7-11-15)19(17,18)14(3,4)10-6-8-12-16/h5-8H,9-12H2,1-4H3/b7-5+,8-6+. The van der Waals surface area contributed by atoms with Crippen molar-refractivity contribution < 1.29 is 8.42 Å². The van der Waals surface area contributed by atoms with Gasteiger partial charge < -0.3 is 0 Å². The first-order valence-corrected chi connectivity index (χ1v) is 10.0. The van der Waals surface area contributed by atoms with Crippen LogP contribution in [0.4, 0.5) is 0 Å². The van der Waals surface area contributed by atoms with Crippen LogP contribution in [0.15, 0.2) is 24.3 Å². The van der Waals surface area contributed by atoms with Crippen molar-refractivity contribution in [2.75, 3.05) is 10.7 Å². The number of hydrogen-bond acceptors (Lipinski definition) is 2. The van der Waals surface area contributed by atoms with Crippen LogP contribution in [0.25, 0.3) is 0 Å². The zero-order chi connectivity index (χ0) is 15.2. The van der Waals surface area contributed by atoms with E-state index < -0.39 is 19.3 Å². The van der Waals surface area contributed by atoms with Crippen molar-refractivity contribution in [1.29, 1.82) is 0 Å². The molecule has 0 aromatic heterocycles. The highest BCUT2D eigenvalue weighted by Gasteiger charge is 2.44. The van der Waals surface area contributed by atoms with Gasteiger partial charge in [-0.25, -0.2) is 8.42 Å². The molecular formula is C14H24Br2O2S. The summed E-state index contributed by atoms with van der Waals surface area (Å²) >= 11 is 6.60. The molecule has 0 unspecified atom stereocenters. The minimum absolute atomic E-state index is 0.534. The molecule has 0 spiro atoms. The molecule has 0 amide bonds. The molecule has 2 nitrogen and oxygen atoms in total. The fourth-order valence-corrected chi connectivity index (χ4v) is 4.48. The van der Waals surface area contributed by atoms with Crippen LogP contribution < -0.4 is 0 Å². The van der Waals surface area contributed by atoms with E-state index in [-0.39, 0.29) is 0 Å². The summed E-state index contributed by atoms with van der Waals surface area (Å²) < 4.78 is 24.0. The fourth-order valence-electron chi connectivity index (χ4n) is 1.83. The zero-order valence-corrected chi connectivity index (χ0v) is 16.1. The van der Waals surface area contributed by atoms with E-state index in [1.807, 2.05) is 24.3 Å². The molecule has 0 heterocycles. The Hall–Kier alpha value is 0.390. The van der Waals surface area contributed by atoms with Gasteiger partial charge in [0.05, 0.1) is 9.49 Å². The average molecular weight is 416 g/mol. The molecule has 0 saturated carbocycles. The Bertz CT molecular complexity index is 387. The lowest BCUT2D eigenvalue weighted by atomic mass is 10.1. The summed E-state index contributed by atoms with van der Waals surface area (Å²) in [7, 11) is -3.23. The Kier molecular flexibility index (Phi) is 8.15. The number of alkyl halides is 2. The summed E-state index contributed by atoms with van der Waals surface area (Å²) in [5.74, 6) is 0. The number of halogens is 2. The molecule has 0 aliphatic carbocycles. The van der Waals surface area contributed by atoms with E-state index in [0.29, 0.717) is 12.8 Å². The maximum Gasteiger partial charge on any atom is 0.161 e. The Morgan fingerprint density at radius 2 is 1.11 bits per heavy atom. The first-order valence-electron chi connectivity index (χ1n) is 6.28. The molecule has 19 heavy (non-hydrogen) atoms. The van der Waals surface area contributed by atoms with Gasteiger partial charge in [0.1, 0.15) is 0 Å². The highest BCUT2D eigenvalue weighted by molar-refractivity contribution is 9.09. The lowest BCUT2D eigenvalue weighted by Gasteiger charge is -2.34. The molecule has 0 aliphatic rings. The van der Waals surface area contributed by atoms with Crippen molar-refractivity contribution in [3.63, 3.8) is 0 Å². The Morgan fingerprint density at radius 1 is 0.789 bits per heavy atom. The maximum absolute atomic E-state index is 12.8. The van der Waals surface area contributed by atoms with Gasteiger partial charge >= 0.3 is 0 Å². The molecule has 0 N–H and O–H groups in total. The first kappa shape index (κ1) is 19.4. The molecule has 0 atom stereocenters. The van der Waals surface area contributed by atoms with Crippen molar-refractivity contribution in [2.45, 2.75) is 50.0 Å². The monoisotopic (exact) mass is 414 g/mol. The number of allylic oxidation sites excluding steroid dienone is 4. The minimum Gasteiger partial charge on any atom is -0.228 e. The van der Waals surface area contributed by atoms with Crippen LogP contribution in [-0.4, -0.2) is 28.6 Å². The molecular weight excluding hydrogens is 392 g/mol. The third-order valence-electron chi connectivity index (χ3n) is 3.19. The molecule has 112 valence electrons. The van der Waals surface area contributed by atoms with Gasteiger partial charge in [-0.3, -0.25) is 0 Å². The normalized spacial score (nSPS) is 14.6. The predicted molar refractivity (Wildman–Crippen MR) is 92.2 cm³/mol. The van der Waals surface area contributed by atoms with Crippen LogP contribution >= 0.6 is 31.9 Å². The van der Waals surface area contributed by atoms with E-state index in [1.54, 1.807) is 27.7 Å². The van der Waals surface area contributed by atoms with E-state index >= 15 is 0 Å². The molecule has 0 aromatic rings. The van der Waals surface area contributed by atoms with Gasteiger partial charge in [0.2, 0.25) is 0 Å². The van der Waals surface area contributed by atoms with Gasteiger partial charge in [-0.1, -0.05) is 56.2 Å². The topological polar surface area (TPSA) is 34.1 Å². The summed E-state index contributed by atoms with van der Waals surface area (Å²) in [4.78, 5) is 0. The zero-order valence-electron chi connectivity index (χ0n) is 12.1. The van der Waals surface area contributed by atoms with Crippen LogP contribution in [0.1, 0.15) is 40.5 Å². The summed E-state index contributed by atoms with van der Waals surface area (Å²) in [6, 6.07) is 0. The summed E-state index contributed by atoms with van der Waals surface area (Å²) in [6.07, 6.45) is 8.80. The van der Waals surface area contributed by atoms with Crippen molar-refractivity contribution >= 4 is 41.7 Å². The quantitative estimate of drug-likeness (QED) is 0.427. The largest absolute Gasteiger partial charge is 0.228 e. The Balaban J connectivity index is 5.11. The van der Waals surface area contributed by atoms with E-state index in [2.05, 4.69) is 31.9 Å². The number of sulfone groups is 1. The Labute approximate surface area is 134 Å². The van der Waals surface area contributed by atoms with Crippen molar-refractivity contribution in [3.8, 4) is 0 Å². The third-order valence-corrected chi connectivity index (χ3v) is 7.18. The van der Waals surface area contributed by atoms with Gasteiger partial charge in [0, 0.05) is 10.7 Å². The molecule has 0 aliphatic heterocycles. The van der Waals surface area contributed by atoms with Gasteiger partial charge in [-0.2, -0.15) is 0 Å². The highest BCUT2D eigenvalue weighted by Crippen LogP contribution is 2.34. The lowest BCUT2D eigenvalue weighted by molar-refractivity contribution is 0.503. The molecule has 0 saturated heterocycles. The fraction of sp³-hybridized carbons (Fsp3) is 0.714. The van der Waals surface area contributed by atoms with E-state index in [1.165, 1.54) is 0 Å². The van der Waals surface area contributed by atoms with Crippen molar-refractivity contribution in [2.24, 2.45) is 0 Å². The minimum atomic E-state index is -3.23. The van der Waals surface area contributed by atoms with Gasteiger partial charge in [0.15, 0.2) is 9.84 Å². The summed E-state index contributed by atoms with van der Waals surface area (Å²) in [5, 5.41) is 1.50. The average Bonchev–Trinajstić information content (AvgIpc) is 2.29. The SMILES string of the molecule is CC(C)(C/C=C/CBr)S(=O)(=O)C(C)(C)C/C=C/CBr. The highest BCUT2D eigenvalue weighted by atomic mass is 79.9. The van der Waals surface area contributed by atoms with Crippen LogP contribution in [0.2, 0.25) is 0 Å². The van der Waals surface area contributed by atoms with E-state index in [9.17, 15) is 8.42 Å². The third kappa shape index (κ3) is 5.35. The van der Waals surface area contributed by atoms with E-state index in [4.69, 9.17) is 0 Å². The van der Waals surface area contributed by atoms with Gasteiger partial charge in [-0.05, 0) is 40.5 Å². The van der Waals surface area contributed by atoms with Gasteiger partial charge in [-0.15, -0.1) is 0 Å². The number of rotatable bonds is 8. The molecule has 0 radical (unpaired) electrons. The molecule has 5 heteroatoms. The lowest BCUT2D eigenvalue weighted by Crippen LogP contribution is -2.45. The smallest absolute Gasteiger partial charge is 0.161 e. The second kappa shape index (κ2) is 7.99. The predicted octanol–water partition coefficient (Wildman–Crippen LogP) is 4.64.